The average Bonchev–Trinajstić information content (AvgIpc) is 2.23. The molecule has 0 radical (unpaired) electrons. The molecule has 0 aliphatic rings. The first-order valence-corrected chi connectivity index (χ1v) is 4.29. The number of fused-ring (bicyclic) bond motifs is 1. The van der Waals surface area contributed by atoms with Crippen molar-refractivity contribution in [3.05, 3.63) is 27.7 Å². The minimum atomic E-state index is -0.803. The van der Waals surface area contributed by atoms with E-state index in [-0.39, 0.29) is 21.9 Å². The molecule has 2 rings (SSSR count). The van der Waals surface area contributed by atoms with Crippen LogP contribution in [0.1, 0.15) is 0 Å². The number of aromatic nitrogens is 3. The molecule has 0 amide bonds. The molecule has 0 fully saturated rings. The van der Waals surface area contributed by atoms with Crippen molar-refractivity contribution in [3.8, 4) is 5.88 Å². The summed E-state index contributed by atoms with van der Waals surface area (Å²) in [5.41, 5.74) is -0.699. The fourth-order valence-corrected chi connectivity index (χ4v) is 1.44. The van der Waals surface area contributed by atoms with Crippen LogP contribution in [-0.2, 0) is 0 Å². The van der Waals surface area contributed by atoms with Gasteiger partial charge in [-0.1, -0.05) is 11.6 Å². The highest BCUT2D eigenvalue weighted by Gasteiger charge is 2.16. The minimum Gasteiger partial charge on any atom is -0.479 e. The number of ether oxygens (including phenoxy) is 1. The Kier molecular flexibility index (Phi) is 2.28. The zero-order valence-electron chi connectivity index (χ0n) is 7.54. The molecule has 0 aliphatic heterocycles. The Balaban J connectivity index is 3.00. The molecule has 0 bridgehead atoms. The molecular weight excluding hydrogens is 225 g/mol. The van der Waals surface area contributed by atoms with Crippen molar-refractivity contribution >= 4 is 22.5 Å². The van der Waals surface area contributed by atoms with E-state index in [1.54, 1.807) is 0 Å². The third kappa shape index (κ3) is 1.42. The maximum atomic E-state index is 13.6. The van der Waals surface area contributed by atoms with Gasteiger partial charge in [0.15, 0.2) is 0 Å². The molecule has 7 heteroatoms. The number of aromatic amines is 1. The monoisotopic (exact) mass is 229 g/mol. The number of pyridine rings is 1. The van der Waals surface area contributed by atoms with E-state index in [1.807, 2.05) is 0 Å². The molecule has 1 N–H and O–H groups in total. The molecule has 2 aromatic rings. The van der Waals surface area contributed by atoms with Crippen molar-refractivity contribution in [1.29, 1.82) is 0 Å². The number of nitrogens with zero attached hydrogens (tertiary/aromatic N) is 2. The Labute approximate surface area is 87.9 Å². The molecule has 0 saturated carbocycles. The maximum Gasteiger partial charge on any atom is 0.261 e. The minimum absolute atomic E-state index is 0.0857. The Bertz CT molecular complexity index is 584. The lowest BCUT2D eigenvalue weighted by atomic mass is 10.3. The van der Waals surface area contributed by atoms with Gasteiger partial charge in [-0.25, -0.2) is 4.98 Å². The Morgan fingerprint density at radius 3 is 3.00 bits per heavy atom. The quantitative estimate of drug-likeness (QED) is 0.744. The Morgan fingerprint density at radius 1 is 1.60 bits per heavy atom. The summed E-state index contributed by atoms with van der Waals surface area (Å²) in [5, 5.41) is -0.227. The van der Waals surface area contributed by atoms with Crippen molar-refractivity contribution in [2.24, 2.45) is 0 Å². The van der Waals surface area contributed by atoms with Crippen LogP contribution in [0.15, 0.2) is 11.1 Å². The van der Waals surface area contributed by atoms with E-state index in [2.05, 4.69) is 19.7 Å². The molecule has 0 aromatic carbocycles. The van der Waals surface area contributed by atoms with E-state index < -0.39 is 11.4 Å². The number of H-pyrrole nitrogens is 1. The van der Waals surface area contributed by atoms with Gasteiger partial charge in [-0.05, 0) is 0 Å². The zero-order chi connectivity index (χ0) is 11.0. The van der Waals surface area contributed by atoms with Crippen LogP contribution in [0.25, 0.3) is 10.9 Å². The van der Waals surface area contributed by atoms with Crippen molar-refractivity contribution in [2.45, 2.75) is 0 Å². The number of rotatable bonds is 1. The summed E-state index contributed by atoms with van der Waals surface area (Å²) >= 11 is 5.70. The number of hydrogen-bond donors (Lipinski definition) is 1. The first-order chi connectivity index (χ1) is 7.15. The Hall–Kier alpha value is -1.69. The second-order valence-electron chi connectivity index (χ2n) is 2.68. The van der Waals surface area contributed by atoms with Crippen molar-refractivity contribution in [3.63, 3.8) is 0 Å². The first kappa shape index (κ1) is 9.85. The molecule has 15 heavy (non-hydrogen) atoms. The largest absolute Gasteiger partial charge is 0.479 e. The highest BCUT2D eigenvalue weighted by atomic mass is 35.5. The van der Waals surface area contributed by atoms with Crippen LogP contribution in [-0.4, -0.2) is 22.1 Å². The van der Waals surface area contributed by atoms with Crippen molar-refractivity contribution in [1.82, 2.24) is 15.0 Å². The lowest BCUT2D eigenvalue weighted by Crippen LogP contribution is -2.09. The zero-order valence-corrected chi connectivity index (χ0v) is 8.30. The smallest absolute Gasteiger partial charge is 0.261 e. The van der Waals surface area contributed by atoms with Crippen LogP contribution in [0, 0.1) is 5.82 Å². The maximum absolute atomic E-state index is 13.6. The summed E-state index contributed by atoms with van der Waals surface area (Å²) < 4.78 is 18.2. The van der Waals surface area contributed by atoms with E-state index in [0.717, 1.165) is 6.33 Å². The Morgan fingerprint density at radius 2 is 2.33 bits per heavy atom. The number of methoxy groups -OCH3 is 1. The standard InChI is InChI=1S/C8H5ClFN3O2/c1-15-8-4(10)5-3(6(9)13-8)7(14)12-2-11-5/h2H,1H3,(H,11,12,14). The van der Waals surface area contributed by atoms with Gasteiger partial charge in [0.1, 0.15) is 16.1 Å². The number of halogens is 2. The van der Waals surface area contributed by atoms with Crippen molar-refractivity contribution in [2.75, 3.05) is 7.11 Å². The lowest BCUT2D eigenvalue weighted by Gasteiger charge is -2.03. The molecule has 0 spiro atoms. The van der Waals surface area contributed by atoms with Crippen LogP contribution in [0.5, 0.6) is 5.88 Å². The second-order valence-corrected chi connectivity index (χ2v) is 3.04. The average molecular weight is 230 g/mol. The van der Waals surface area contributed by atoms with Gasteiger partial charge in [0.2, 0.25) is 5.82 Å². The SMILES string of the molecule is COc1nc(Cl)c2c(=O)[nH]cnc2c1F. The lowest BCUT2D eigenvalue weighted by molar-refractivity contribution is 0.371. The molecular formula is C8H5ClFN3O2. The van der Waals surface area contributed by atoms with Gasteiger partial charge in [0, 0.05) is 0 Å². The van der Waals surface area contributed by atoms with Gasteiger partial charge in [0.05, 0.1) is 13.4 Å². The summed E-state index contributed by atoms with van der Waals surface area (Å²) in [7, 11) is 1.25. The summed E-state index contributed by atoms with van der Waals surface area (Å²) in [6.07, 6.45) is 1.09. The fourth-order valence-electron chi connectivity index (χ4n) is 1.19. The van der Waals surface area contributed by atoms with E-state index in [0.29, 0.717) is 0 Å². The van der Waals surface area contributed by atoms with Crippen LogP contribution in [0.4, 0.5) is 4.39 Å². The third-order valence-electron chi connectivity index (χ3n) is 1.85. The summed E-state index contributed by atoms with van der Waals surface area (Å²) in [6, 6.07) is 0. The second kappa shape index (κ2) is 3.47. The summed E-state index contributed by atoms with van der Waals surface area (Å²) in [4.78, 5) is 20.9. The van der Waals surface area contributed by atoms with Crippen LogP contribution < -0.4 is 10.3 Å². The fraction of sp³-hybridized carbons (Fsp3) is 0.125. The molecule has 0 saturated heterocycles. The first-order valence-electron chi connectivity index (χ1n) is 3.91. The summed E-state index contributed by atoms with van der Waals surface area (Å²) in [6.45, 7) is 0. The van der Waals surface area contributed by atoms with E-state index in [1.165, 1.54) is 7.11 Å². The molecule has 2 aromatic heterocycles. The molecule has 0 atom stereocenters. The van der Waals surface area contributed by atoms with E-state index in [9.17, 15) is 9.18 Å². The highest BCUT2D eigenvalue weighted by Crippen LogP contribution is 2.25. The van der Waals surface area contributed by atoms with Crippen LogP contribution in [0.3, 0.4) is 0 Å². The van der Waals surface area contributed by atoms with Crippen molar-refractivity contribution < 1.29 is 9.13 Å². The van der Waals surface area contributed by atoms with Crippen LogP contribution >= 0.6 is 11.6 Å². The van der Waals surface area contributed by atoms with E-state index >= 15 is 0 Å². The topological polar surface area (TPSA) is 67.9 Å². The predicted molar refractivity (Wildman–Crippen MR) is 51.7 cm³/mol. The summed E-state index contributed by atoms with van der Waals surface area (Å²) in [5.74, 6) is -1.09. The third-order valence-corrected chi connectivity index (χ3v) is 2.12. The molecule has 0 unspecified atom stereocenters. The highest BCUT2D eigenvalue weighted by molar-refractivity contribution is 6.34. The van der Waals surface area contributed by atoms with Gasteiger partial charge in [-0.15, -0.1) is 0 Å². The van der Waals surface area contributed by atoms with E-state index in [4.69, 9.17) is 11.6 Å². The van der Waals surface area contributed by atoms with Crippen LogP contribution in [0.2, 0.25) is 5.15 Å². The normalized spacial score (nSPS) is 10.6. The van der Waals surface area contributed by atoms with Gasteiger partial charge in [-0.2, -0.15) is 9.37 Å². The number of nitrogens with one attached hydrogen (secondary N) is 1. The molecule has 0 aliphatic carbocycles. The van der Waals surface area contributed by atoms with Gasteiger partial charge in [-0.3, -0.25) is 4.79 Å². The molecule has 78 valence electrons. The molecule has 5 nitrogen and oxygen atoms in total. The van der Waals surface area contributed by atoms with Gasteiger partial charge < -0.3 is 9.72 Å². The molecule has 2 heterocycles. The predicted octanol–water partition coefficient (Wildman–Crippen LogP) is 1.12. The van der Waals surface area contributed by atoms with Gasteiger partial charge in [0.25, 0.3) is 11.4 Å². The van der Waals surface area contributed by atoms with Gasteiger partial charge >= 0.3 is 0 Å². The number of hydrogen-bond acceptors (Lipinski definition) is 4.